The van der Waals surface area contributed by atoms with Crippen LogP contribution in [0.2, 0.25) is 0 Å². The fourth-order valence-electron chi connectivity index (χ4n) is 0.955. The summed E-state index contributed by atoms with van der Waals surface area (Å²) >= 11 is 0. The summed E-state index contributed by atoms with van der Waals surface area (Å²) in [5.74, 6) is -0.959. The highest BCUT2D eigenvalue weighted by Gasteiger charge is 2.10. The van der Waals surface area contributed by atoms with Crippen LogP contribution in [0.15, 0.2) is 30.3 Å². The maximum Gasteiger partial charge on any atom is 0.320 e. The summed E-state index contributed by atoms with van der Waals surface area (Å²) in [5.41, 5.74) is 6.30. The van der Waals surface area contributed by atoms with Crippen LogP contribution in [0, 0.1) is 0 Å². The molecule has 0 aromatic heterocycles. The second kappa shape index (κ2) is 7.96. The number of carboxylic acid groups (broad SMARTS) is 1. The highest BCUT2D eigenvalue weighted by Crippen LogP contribution is 2.01. The summed E-state index contributed by atoms with van der Waals surface area (Å²) in [5, 5.41) is 8.52. The Labute approximate surface area is 89.7 Å². The lowest BCUT2D eigenvalue weighted by atomic mass is 10.1. The second-order valence-electron chi connectivity index (χ2n) is 3.04. The Bertz CT molecular complexity index is 274. The van der Waals surface area contributed by atoms with Crippen LogP contribution in [0.25, 0.3) is 0 Å². The molecule has 1 unspecified atom stereocenters. The van der Waals surface area contributed by atoms with Gasteiger partial charge >= 0.3 is 5.97 Å². The van der Waals surface area contributed by atoms with Gasteiger partial charge in [0.1, 0.15) is 6.04 Å². The molecule has 0 saturated heterocycles. The van der Waals surface area contributed by atoms with Crippen molar-refractivity contribution in [2.45, 2.75) is 12.5 Å². The van der Waals surface area contributed by atoms with Gasteiger partial charge in [-0.25, -0.2) is 0 Å². The number of nitrogens with two attached hydrogens (primary N) is 1. The van der Waals surface area contributed by atoms with Gasteiger partial charge in [0.05, 0.1) is 0 Å². The quantitative estimate of drug-likeness (QED) is 0.779. The van der Waals surface area contributed by atoms with Crippen LogP contribution < -0.4 is 5.73 Å². The highest BCUT2D eigenvalue weighted by molar-refractivity contribution is 5.73. The summed E-state index contributed by atoms with van der Waals surface area (Å²) in [6.07, 6.45) is 0.385. The van der Waals surface area contributed by atoms with E-state index in [4.69, 9.17) is 10.8 Å². The van der Waals surface area contributed by atoms with Crippen LogP contribution in [0.4, 0.5) is 0 Å². The smallest absolute Gasteiger partial charge is 0.320 e. The lowest BCUT2D eigenvalue weighted by Gasteiger charge is -2.04. The number of carbonyl (C=O) groups is 1. The van der Waals surface area contributed by atoms with E-state index >= 15 is 0 Å². The number of rotatable bonds is 3. The van der Waals surface area contributed by atoms with Crippen molar-refractivity contribution in [3.8, 4) is 0 Å². The van der Waals surface area contributed by atoms with Gasteiger partial charge in [-0.05, 0) is 12.0 Å². The molecule has 4 heteroatoms. The molecule has 0 aliphatic heterocycles. The Morgan fingerprint density at radius 1 is 1.40 bits per heavy atom. The average Bonchev–Trinajstić information content (AvgIpc) is 2.20. The van der Waals surface area contributed by atoms with Gasteiger partial charge in [-0.1, -0.05) is 30.3 Å². The normalized spacial score (nSPS) is 11.1. The number of benzene rings is 1. The molecule has 0 fully saturated rings. The van der Waals surface area contributed by atoms with Crippen LogP contribution in [0.1, 0.15) is 5.56 Å². The van der Waals surface area contributed by atoms with Crippen LogP contribution in [0.5, 0.6) is 0 Å². The van der Waals surface area contributed by atoms with Gasteiger partial charge in [-0.2, -0.15) is 0 Å². The SMILES string of the molecule is COC.NC(Cc1ccccc1)C(=O)O. The molecule has 0 radical (unpaired) electrons. The van der Waals surface area contributed by atoms with Gasteiger partial charge in [-0.15, -0.1) is 0 Å². The van der Waals surface area contributed by atoms with Gasteiger partial charge in [-0.3, -0.25) is 4.79 Å². The number of hydrogen-bond donors (Lipinski definition) is 2. The Hall–Kier alpha value is -1.39. The minimum Gasteiger partial charge on any atom is -0.480 e. The lowest BCUT2D eigenvalue weighted by molar-refractivity contribution is -0.138. The summed E-state index contributed by atoms with van der Waals surface area (Å²) in [4.78, 5) is 10.4. The molecule has 0 saturated carbocycles. The van der Waals surface area contributed by atoms with E-state index < -0.39 is 12.0 Å². The molecule has 84 valence electrons. The molecule has 1 aromatic carbocycles. The molecule has 0 aliphatic carbocycles. The zero-order chi connectivity index (χ0) is 11.7. The molecule has 0 spiro atoms. The third kappa shape index (κ3) is 6.65. The average molecular weight is 211 g/mol. The molecule has 4 nitrogen and oxygen atoms in total. The third-order valence-electron chi connectivity index (χ3n) is 1.62. The van der Waals surface area contributed by atoms with Crippen LogP contribution in [-0.2, 0) is 16.0 Å². The van der Waals surface area contributed by atoms with Crippen molar-refractivity contribution in [3.05, 3.63) is 35.9 Å². The van der Waals surface area contributed by atoms with Crippen LogP contribution >= 0.6 is 0 Å². The molecule has 1 atom stereocenters. The van der Waals surface area contributed by atoms with Gasteiger partial charge < -0.3 is 15.6 Å². The molecular weight excluding hydrogens is 194 g/mol. The van der Waals surface area contributed by atoms with Crippen molar-refractivity contribution in [1.82, 2.24) is 0 Å². The standard InChI is InChI=1S/C9H11NO2.C2H6O/c10-8(9(11)12)6-7-4-2-1-3-5-7;1-3-2/h1-5,8H,6,10H2,(H,11,12);1-2H3. The van der Waals surface area contributed by atoms with Crippen molar-refractivity contribution in [2.75, 3.05) is 14.2 Å². The van der Waals surface area contributed by atoms with E-state index in [9.17, 15) is 4.79 Å². The summed E-state index contributed by atoms with van der Waals surface area (Å²) in [7, 11) is 3.25. The van der Waals surface area contributed by atoms with Gasteiger partial charge in [0.15, 0.2) is 0 Å². The Balaban J connectivity index is 0.000000583. The maximum absolute atomic E-state index is 10.4. The number of carboxylic acids is 1. The lowest BCUT2D eigenvalue weighted by Crippen LogP contribution is -2.32. The summed E-state index contributed by atoms with van der Waals surface area (Å²) in [6.45, 7) is 0. The predicted octanol–water partition coefficient (Wildman–Crippen LogP) is 0.904. The maximum atomic E-state index is 10.4. The first-order chi connectivity index (χ1) is 7.11. The first-order valence-electron chi connectivity index (χ1n) is 4.54. The molecular formula is C11H17NO3. The monoisotopic (exact) mass is 211 g/mol. The molecule has 0 aliphatic rings. The van der Waals surface area contributed by atoms with E-state index in [1.165, 1.54) is 0 Å². The van der Waals surface area contributed by atoms with Crippen molar-refractivity contribution < 1.29 is 14.6 Å². The fourth-order valence-corrected chi connectivity index (χ4v) is 0.955. The minimum atomic E-state index is -0.959. The molecule has 3 N–H and O–H groups in total. The molecule has 1 aromatic rings. The van der Waals surface area contributed by atoms with E-state index in [1.54, 1.807) is 14.2 Å². The molecule has 15 heavy (non-hydrogen) atoms. The largest absolute Gasteiger partial charge is 0.480 e. The van der Waals surface area contributed by atoms with Gasteiger partial charge in [0.25, 0.3) is 0 Å². The molecule has 0 bridgehead atoms. The minimum absolute atomic E-state index is 0.385. The zero-order valence-electron chi connectivity index (χ0n) is 9.01. The highest BCUT2D eigenvalue weighted by atomic mass is 16.4. The third-order valence-corrected chi connectivity index (χ3v) is 1.62. The van der Waals surface area contributed by atoms with E-state index in [1.807, 2.05) is 30.3 Å². The van der Waals surface area contributed by atoms with Crippen molar-refractivity contribution in [3.63, 3.8) is 0 Å². The fraction of sp³-hybridized carbons (Fsp3) is 0.364. The zero-order valence-corrected chi connectivity index (χ0v) is 9.01. The number of hydrogen-bond acceptors (Lipinski definition) is 3. The number of methoxy groups -OCH3 is 1. The predicted molar refractivity (Wildman–Crippen MR) is 58.7 cm³/mol. The Morgan fingerprint density at radius 2 is 1.87 bits per heavy atom. The molecule has 0 amide bonds. The molecule has 0 heterocycles. The van der Waals surface area contributed by atoms with E-state index in [2.05, 4.69) is 4.74 Å². The first-order valence-corrected chi connectivity index (χ1v) is 4.54. The van der Waals surface area contributed by atoms with E-state index in [0.717, 1.165) is 5.56 Å². The summed E-state index contributed by atoms with van der Waals surface area (Å²) in [6, 6.07) is 8.54. The Morgan fingerprint density at radius 3 is 2.27 bits per heavy atom. The number of aliphatic carboxylic acids is 1. The van der Waals surface area contributed by atoms with E-state index in [0.29, 0.717) is 6.42 Å². The van der Waals surface area contributed by atoms with Crippen molar-refractivity contribution >= 4 is 5.97 Å². The van der Waals surface area contributed by atoms with E-state index in [-0.39, 0.29) is 0 Å². The van der Waals surface area contributed by atoms with Crippen LogP contribution in [-0.4, -0.2) is 31.3 Å². The van der Waals surface area contributed by atoms with Crippen molar-refractivity contribution in [1.29, 1.82) is 0 Å². The second-order valence-corrected chi connectivity index (χ2v) is 3.04. The summed E-state index contributed by atoms with van der Waals surface area (Å²) < 4.78 is 4.25. The topological polar surface area (TPSA) is 72.5 Å². The Kier molecular flexibility index (Phi) is 7.23. The van der Waals surface area contributed by atoms with Gasteiger partial charge in [0.2, 0.25) is 0 Å². The first kappa shape index (κ1) is 13.6. The molecule has 1 rings (SSSR count). The number of ether oxygens (including phenoxy) is 1. The van der Waals surface area contributed by atoms with Crippen molar-refractivity contribution in [2.24, 2.45) is 5.73 Å². The van der Waals surface area contributed by atoms with Crippen LogP contribution in [0.3, 0.4) is 0 Å². The van der Waals surface area contributed by atoms with Gasteiger partial charge in [0, 0.05) is 14.2 Å².